The summed E-state index contributed by atoms with van der Waals surface area (Å²) in [6.07, 6.45) is 3.49. The van der Waals surface area contributed by atoms with Gasteiger partial charge in [-0.05, 0) is 48.4 Å². The Morgan fingerprint density at radius 2 is 1.91 bits per heavy atom. The molecule has 1 amide bonds. The van der Waals surface area contributed by atoms with E-state index in [1.165, 1.54) is 6.08 Å². The number of rotatable bonds is 5. The van der Waals surface area contributed by atoms with Crippen LogP contribution in [-0.4, -0.2) is 23.0 Å². The first kappa shape index (κ1) is 18.0. The van der Waals surface area contributed by atoms with E-state index < -0.39 is 17.9 Å². The number of hydrogen-bond donors (Lipinski definition) is 2. The van der Waals surface area contributed by atoms with Crippen LogP contribution in [0.5, 0.6) is 0 Å². The van der Waals surface area contributed by atoms with Gasteiger partial charge in [-0.1, -0.05) is 39.0 Å². The zero-order valence-corrected chi connectivity index (χ0v) is 13.9. The van der Waals surface area contributed by atoms with Gasteiger partial charge in [0.15, 0.2) is 0 Å². The molecular formula is C18H25NO3. The van der Waals surface area contributed by atoms with Crippen molar-refractivity contribution in [1.82, 2.24) is 5.32 Å². The number of aryl methyl sites for hydroxylation is 1. The molecule has 4 heteroatoms. The molecule has 0 bridgehead atoms. The van der Waals surface area contributed by atoms with Crippen LogP contribution in [0.2, 0.25) is 0 Å². The Morgan fingerprint density at radius 1 is 1.27 bits per heavy atom. The van der Waals surface area contributed by atoms with Crippen LogP contribution in [0.3, 0.4) is 0 Å². The highest BCUT2D eigenvalue weighted by Crippen LogP contribution is 2.21. The summed E-state index contributed by atoms with van der Waals surface area (Å²) in [5, 5.41) is 11.8. The molecule has 0 radical (unpaired) electrons. The van der Waals surface area contributed by atoms with Crippen molar-refractivity contribution < 1.29 is 14.7 Å². The van der Waals surface area contributed by atoms with Gasteiger partial charge in [0, 0.05) is 6.08 Å². The number of carboxylic acid groups (broad SMARTS) is 1. The zero-order valence-electron chi connectivity index (χ0n) is 13.9. The van der Waals surface area contributed by atoms with Crippen molar-refractivity contribution in [3.05, 3.63) is 41.0 Å². The van der Waals surface area contributed by atoms with E-state index in [4.69, 9.17) is 0 Å². The normalized spacial score (nSPS) is 13.1. The van der Waals surface area contributed by atoms with E-state index in [1.54, 1.807) is 6.08 Å². The fourth-order valence-electron chi connectivity index (χ4n) is 2.15. The fourth-order valence-corrected chi connectivity index (χ4v) is 2.15. The van der Waals surface area contributed by atoms with Gasteiger partial charge in [-0.2, -0.15) is 0 Å². The Balaban J connectivity index is 2.77. The summed E-state index contributed by atoms with van der Waals surface area (Å²) in [5.41, 5.74) is 3.04. The van der Waals surface area contributed by atoms with E-state index in [2.05, 4.69) is 5.32 Å². The molecule has 1 aromatic rings. The summed E-state index contributed by atoms with van der Waals surface area (Å²) in [6, 6.07) is 4.99. The van der Waals surface area contributed by atoms with Crippen LogP contribution in [0.1, 0.15) is 43.9 Å². The van der Waals surface area contributed by atoms with E-state index in [0.29, 0.717) is 6.42 Å². The van der Waals surface area contributed by atoms with Crippen molar-refractivity contribution >= 4 is 18.0 Å². The molecule has 0 aliphatic carbocycles. The van der Waals surface area contributed by atoms with Gasteiger partial charge in [-0.25, -0.2) is 4.79 Å². The van der Waals surface area contributed by atoms with Gasteiger partial charge in [0.25, 0.3) is 0 Å². The maximum atomic E-state index is 12.0. The first-order valence-corrected chi connectivity index (χ1v) is 7.38. The van der Waals surface area contributed by atoms with Crippen molar-refractivity contribution in [2.75, 3.05) is 0 Å². The summed E-state index contributed by atoms with van der Waals surface area (Å²) in [5.74, 6) is -1.40. The summed E-state index contributed by atoms with van der Waals surface area (Å²) in [6.45, 7) is 9.84. The quantitative estimate of drug-likeness (QED) is 0.820. The zero-order chi connectivity index (χ0) is 16.9. The molecule has 0 fully saturated rings. The number of carbonyl (C=O) groups is 2. The molecule has 0 aliphatic rings. The van der Waals surface area contributed by atoms with Crippen molar-refractivity contribution in [1.29, 1.82) is 0 Å². The molecule has 1 atom stereocenters. The lowest BCUT2D eigenvalue weighted by Crippen LogP contribution is -2.42. The highest BCUT2D eigenvalue weighted by Gasteiger charge is 2.25. The van der Waals surface area contributed by atoms with Crippen LogP contribution >= 0.6 is 0 Å². The summed E-state index contributed by atoms with van der Waals surface area (Å²) >= 11 is 0. The number of nitrogens with one attached hydrogen (secondary N) is 1. The molecule has 120 valence electrons. The van der Waals surface area contributed by atoms with Crippen LogP contribution < -0.4 is 5.32 Å². The minimum Gasteiger partial charge on any atom is -0.480 e. The first-order chi connectivity index (χ1) is 10.1. The molecular weight excluding hydrogens is 278 g/mol. The standard InChI is InChI=1S/C18H25NO3/c1-12-7-6-8-14(13(12)2)9-10-16(20)19-15(17(21)22)11-18(3,4)5/h6-10,15H,11H2,1-5H3,(H,19,20)(H,21,22). The minimum atomic E-state index is -1.01. The average Bonchev–Trinajstić information content (AvgIpc) is 2.38. The lowest BCUT2D eigenvalue weighted by Gasteiger charge is -2.23. The van der Waals surface area contributed by atoms with Crippen LogP contribution in [-0.2, 0) is 9.59 Å². The maximum absolute atomic E-state index is 12.0. The van der Waals surface area contributed by atoms with Crippen molar-refractivity contribution in [3.8, 4) is 0 Å². The smallest absolute Gasteiger partial charge is 0.326 e. The molecule has 0 saturated carbocycles. The Hall–Kier alpha value is -2.10. The Morgan fingerprint density at radius 3 is 2.45 bits per heavy atom. The van der Waals surface area contributed by atoms with Crippen molar-refractivity contribution in [2.45, 2.75) is 47.1 Å². The second kappa shape index (κ2) is 7.25. The predicted octanol–water partition coefficient (Wildman–Crippen LogP) is 3.32. The molecule has 1 aromatic carbocycles. The number of carboxylic acids is 1. The minimum absolute atomic E-state index is 0.173. The molecule has 1 unspecified atom stereocenters. The van der Waals surface area contributed by atoms with E-state index >= 15 is 0 Å². The molecule has 0 spiro atoms. The van der Waals surface area contributed by atoms with Gasteiger partial charge >= 0.3 is 5.97 Å². The molecule has 0 saturated heterocycles. The Labute approximate surface area is 132 Å². The van der Waals surface area contributed by atoms with E-state index in [-0.39, 0.29) is 5.41 Å². The SMILES string of the molecule is Cc1cccc(C=CC(=O)NC(CC(C)(C)C)C(=O)O)c1C. The fraction of sp³-hybridized carbons (Fsp3) is 0.444. The lowest BCUT2D eigenvalue weighted by atomic mass is 9.88. The monoisotopic (exact) mass is 303 g/mol. The first-order valence-electron chi connectivity index (χ1n) is 7.38. The van der Waals surface area contributed by atoms with Gasteiger partial charge in [0.05, 0.1) is 0 Å². The topological polar surface area (TPSA) is 66.4 Å². The van der Waals surface area contributed by atoms with Gasteiger partial charge in [-0.15, -0.1) is 0 Å². The molecule has 0 aromatic heterocycles. The maximum Gasteiger partial charge on any atom is 0.326 e. The van der Waals surface area contributed by atoms with Crippen LogP contribution in [0, 0.1) is 19.3 Å². The second-order valence-electron chi connectivity index (χ2n) is 6.79. The largest absolute Gasteiger partial charge is 0.480 e. The molecule has 22 heavy (non-hydrogen) atoms. The lowest BCUT2D eigenvalue weighted by molar-refractivity contribution is -0.142. The molecule has 4 nitrogen and oxygen atoms in total. The highest BCUT2D eigenvalue weighted by atomic mass is 16.4. The Bertz CT molecular complexity index is 582. The number of aliphatic carboxylic acids is 1. The predicted molar refractivity (Wildman–Crippen MR) is 88.6 cm³/mol. The van der Waals surface area contributed by atoms with Crippen LogP contribution in [0.25, 0.3) is 6.08 Å². The van der Waals surface area contributed by atoms with E-state index in [0.717, 1.165) is 16.7 Å². The highest BCUT2D eigenvalue weighted by molar-refractivity contribution is 5.94. The summed E-state index contributed by atoms with van der Waals surface area (Å²) in [4.78, 5) is 23.2. The van der Waals surface area contributed by atoms with E-state index in [9.17, 15) is 14.7 Å². The summed E-state index contributed by atoms with van der Waals surface area (Å²) in [7, 11) is 0. The molecule has 1 rings (SSSR count). The van der Waals surface area contributed by atoms with Gasteiger partial charge < -0.3 is 10.4 Å². The van der Waals surface area contributed by atoms with Crippen LogP contribution in [0.4, 0.5) is 0 Å². The van der Waals surface area contributed by atoms with Crippen LogP contribution in [0.15, 0.2) is 24.3 Å². The van der Waals surface area contributed by atoms with Gasteiger partial charge in [0.2, 0.25) is 5.91 Å². The van der Waals surface area contributed by atoms with E-state index in [1.807, 2.05) is 52.8 Å². The molecule has 0 heterocycles. The third kappa shape index (κ3) is 5.72. The third-order valence-electron chi connectivity index (χ3n) is 3.49. The Kier molecular flexibility index (Phi) is 5.92. The summed E-state index contributed by atoms with van der Waals surface area (Å²) < 4.78 is 0. The van der Waals surface area contributed by atoms with Gasteiger partial charge in [0.1, 0.15) is 6.04 Å². The average molecular weight is 303 g/mol. The number of hydrogen-bond acceptors (Lipinski definition) is 2. The number of carbonyl (C=O) groups excluding carboxylic acids is 1. The van der Waals surface area contributed by atoms with Crippen molar-refractivity contribution in [3.63, 3.8) is 0 Å². The van der Waals surface area contributed by atoms with Gasteiger partial charge in [-0.3, -0.25) is 4.79 Å². The molecule has 2 N–H and O–H groups in total. The number of benzene rings is 1. The second-order valence-corrected chi connectivity index (χ2v) is 6.79. The van der Waals surface area contributed by atoms with Crippen molar-refractivity contribution in [2.24, 2.45) is 5.41 Å². The molecule has 0 aliphatic heterocycles. The number of amides is 1. The third-order valence-corrected chi connectivity index (χ3v) is 3.49.